The van der Waals surface area contributed by atoms with E-state index in [0.29, 0.717) is 4.90 Å². The third-order valence-electron chi connectivity index (χ3n) is 9.89. The molecule has 25 heteroatoms. The van der Waals surface area contributed by atoms with Crippen molar-refractivity contribution in [1.29, 1.82) is 0 Å². The second kappa shape index (κ2) is 16.2. The molecule has 1 unspecified atom stereocenters. The minimum atomic E-state index is -4.75. The van der Waals surface area contributed by atoms with Crippen LogP contribution in [-0.4, -0.2) is 128 Å². The number of amides is 5. The highest BCUT2D eigenvalue weighted by Crippen LogP contribution is 2.39. The van der Waals surface area contributed by atoms with Crippen LogP contribution in [0.3, 0.4) is 0 Å². The Labute approximate surface area is 333 Å². The fourth-order valence-electron chi connectivity index (χ4n) is 6.85. The number of carboxylic acids is 1. The van der Waals surface area contributed by atoms with Gasteiger partial charge in [0.15, 0.2) is 11.5 Å². The van der Waals surface area contributed by atoms with Crippen LogP contribution in [0.15, 0.2) is 53.4 Å². The predicted octanol–water partition coefficient (Wildman–Crippen LogP) is -0.194. The first-order valence-electron chi connectivity index (χ1n) is 17.2. The molecule has 0 bridgehead atoms. The van der Waals surface area contributed by atoms with Gasteiger partial charge >= 0.3 is 38.5 Å². The Morgan fingerprint density at radius 2 is 1.62 bits per heavy atom. The van der Waals surface area contributed by atoms with Crippen molar-refractivity contribution in [3.8, 4) is 17.2 Å². The van der Waals surface area contributed by atoms with E-state index >= 15 is 0 Å². The number of piperidine rings is 1. The number of halogens is 2. The molecule has 0 radical (unpaired) electrons. The van der Waals surface area contributed by atoms with E-state index < -0.39 is 116 Å². The fourth-order valence-corrected chi connectivity index (χ4v) is 9.37. The van der Waals surface area contributed by atoms with Crippen LogP contribution in [0.5, 0.6) is 17.2 Å². The van der Waals surface area contributed by atoms with E-state index in [1.54, 1.807) is 0 Å². The number of imide groups is 1. The number of nitrogens with zero attached hydrogens (tertiary/aromatic N) is 3. The molecule has 0 saturated carbocycles. The Kier molecular flexibility index (Phi) is 11.8. The summed E-state index contributed by atoms with van der Waals surface area (Å²) in [5, 5.41) is 43.5. The molecule has 2 fully saturated rings. The highest BCUT2D eigenvalue weighted by atomic mass is 35.5. The average Bonchev–Trinajstić information content (AvgIpc) is 3.16. The van der Waals surface area contributed by atoms with Gasteiger partial charge in [-0.2, -0.15) is 4.31 Å². The van der Waals surface area contributed by atoms with Gasteiger partial charge in [-0.25, -0.2) is 22.4 Å². The van der Waals surface area contributed by atoms with E-state index in [2.05, 4.69) is 10.6 Å². The second-order valence-corrected chi connectivity index (χ2v) is 17.3. The molecule has 3 aromatic rings. The number of nitrogens with one attached hydrogen (secondary N) is 2. The summed E-state index contributed by atoms with van der Waals surface area (Å²) in [4.78, 5) is 86.1. The van der Waals surface area contributed by atoms with Crippen LogP contribution < -0.4 is 20.6 Å². The zero-order valence-electron chi connectivity index (χ0n) is 29.7. The van der Waals surface area contributed by atoms with Crippen LogP contribution in [-0.2, 0) is 35.4 Å². The van der Waals surface area contributed by atoms with Crippen LogP contribution in [0.4, 0.5) is 9.18 Å². The number of benzene rings is 3. The maximum atomic E-state index is 14.2. The summed E-state index contributed by atoms with van der Waals surface area (Å²) in [6.45, 7) is -0.772. The molecule has 2 saturated heterocycles. The van der Waals surface area contributed by atoms with Crippen LogP contribution in [0.2, 0.25) is 5.02 Å². The number of aromatic hydroxyl groups is 2. The molecule has 3 aliphatic heterocycles. The fraction of sp³-hybridized carbons (Fsp3) is 0.303. The predicted molar refractivity (Wildman–Crippen MR) is 197 cm³/mol. The largest absolute Gasteiger partial charge is 0.547 e. The SMILES string of the molecule is O=C(O)c1c(F)ccc2c1OB(O)[C@@H](NC(=O)C(NC(=O)N1CCN(C3CCN(S(=O)(=O)c4ccc(O)c(O)c4Cl)CC3)C(=O)C1=O)c1ccc(P(=O)(O)O)cc1)C2. The van der Waals surface area contributed by atoms with E-state index in [1.165, 1.54) is 11.0 Å². The lowest BCUT2D eigenvalue weighted by molar-refractivity contribution is -0.156. The molecule has 0 spiro atoms. The number of rotatable bonds is 9. The summed E-state index contributed by atoms with van der Waals surface area (Å²) >= 11 is 5.98. The highest BCUT2D eigenvalue weighted by Gasteiger charge is 2.44. The van der Waals surface area contributed by atoms with Gasteiger partial charge in [-0.3, -0.25) is 23.8 Å². The van der Waals surface area contributed by atoms with Crippen molar-refractivity contribution in [2.75, 3.05) is 26.2 Å². The lowest BCUT2D eigenvalue weighted by Crippen LogP contribution is -2.62. The number of hydrogen-bond acceptors (Lipinski definition) is 12. The molecular weight excluding hydrogens is 835 g/mol. The molecule has 8 N–H and O–H groups in total. The molecule has 3 aromatic carbocycles. The molecule has 6 rings (SSSR count). The molecule has 58 heavy (non-hydrogen) atoms. The molecule has 20 nitrogen and oxygen atoms in total. The number of urea groups is 1. The van der Waals surface area contributed by atoms with Crippen LogP contribution in [0.1, 0.15) is 40.4 Å². The van der Waals surface area contributed by atoms with Gasteiger partial charge in [0.25, 0.3) is 0 Å². The third-order valence-corrected chi connectivity index (χ3v) is 13.3. The van der Waals surface area contributed by atoms with Gasteiger partial charge in [-0.1, -0.05) is 29.8 Å². The Bertz CT molecular complexity index is 2360. The number of piperazine rings is 1. The van der Waals surface area contributed by atoms with Gasteiger partial charge in [0.2, 0.25) is 15.9 Å². The maximum Gasteiger partial charge on any atom is 0.547 e. The quantitative estimate of drug-likeness (QED) is 0.0598. The molecule has 5 amide bonds. The maximum absolute atomic E-state index is 14.2. The van der Waals surface area contributed by atoms with Gasteiger partial charge in [-0.15, -0.1) is 0 Å². The van der Waals surface area contributed by atoms with Gasteiger partial charge in [0, 0.05) is 32.2 Å². The number of carbonyl (C=O) groups is 5. The third kappa shape index (κ3) is 8.19. The average molecular weight is 868 g/mol. The van der Waals surface area contributed by atoms with E-state index in [4.69, 9.17) is 16.3 Å². The van der Waals surface area contributed by atoms with Crippen molar-refractivity contribution in [2.24, 2.45) is 0 Å². The number of phenols is 2. The van der Waals surface area contributed by atoms with Crippen molar-refractivity contribution >= 4 is 71.4 Å². The number of aromatic carboxylic acids is 1. The highest BCUT2D eigenvalue weighted by molar-refractivity contribution is 7.89. The van der Waals surface area contributed by atoms with E-state index in [1.807, 2.05) is 0 Å². The molecule has 0 aliphatic carbocycles. The summed E-state index contributed by atoms with van der Waals surface area (Å²) < 4.78 is 58.9. The van der Waals surface area contributed by atoms with Gasteiger partial charge in [0.1, 0.15) is 33.1 Å². The number of fused-ring (bicyclic) bond motifs is 1. The van der Waals surface area contributed by atoms with Crippen molar-refractivity contribution in [3.05, 3.63) is 76.1 Å². The Balaban J connectivity index is 1.15. The van der Waals surface area contributed by atoms with Crippen molar-refractivity contribution in [2.45, 2.75) is 42.2 Å². The summed E-state index contributed by atoms with van der Waals surface area (Å²) in [5.74, 6) is -9.42. The zero-order valence-corrected chi connectivity index (χ0v) is 32.2. The Morgan fingerprint density at radius 3 is 2.24 bits per heavy atom. The van der Waals surface area contributed by atoms with Crippen molar-refractivity contribution in [1.82, 2.24) is 24.7 Å². The Morgan fingerprint density at radius 1 is 0.966 bits per heavy atom. The van der Waals surface area contributed by atoms with E-state index in [9.17, 15) is 71.5 Å². The van der Waals surface area contributed by atoms with Gasteiger partial charge in [0.05, 0.1) is 11.2 Å². The molecule has 308 valence electrons. The zero-order chi connectivity index (χ0) is 42.4. The summed E-state index contributed by atoms with van der Waals surface area (Å²) in [6, 6.07) is 4.68. The molecule has 2 atom stereocenters. The van der Waals surface area contributed by atoms with Gasteiger partial charge < -0.3 is 50.3 Å². The second-order valence-electron chi connectivity index (χ2n) is 13.4. The van der Waals surface area contributed by atoms with Crippen LogP contribution in [0, 0.1) is 5.82 Å². The summed E-state index contributed by atoms with van der Waals surface area (Å²) in [6.07, 6.45) is -0.117. The first kappa shape index (κ1) is 42.3. The number of carbonyl (C=O) groups excluding carboxylic acids is 4. The summed E-state index contributed by atoms with van der Waals surface area (Å²) in [7, 11) is -10.9. The molecule has 3 heterocycles. The smallest absolute Gasteiger partial charge is 0.534 e. The number of carboxylic acid groups (broad SMARTS) is 1. The minimum absolute atomic E-state index is 0.0622. The minimum Gasteiger partial charge on any atom is -0.534 e. The van der Waals surface area contributed by atoms with Crippen LogP contribution >= 0.6 is 19.2 Å². The molecular formula is C33H33BClFN5O15PS. The number of hydrogen-bond donors (Lipinski definition) is 8. The number of sulfonamides is 1. The monoisotopic (exact) mass is 867 g/mol. The molecule has 3 aliphatic rings. The van der Waals surface area contributed by atoms with E-state index in [0.717, 1.165) is 46.8 Å². The first-order valence-corrected chi connectivity index (χ1v) is 20.6. The normalized spacial score (nSPS) is 18.6. The van der Waals surface area contributed by atoms with Crippen LogP contribution in [0.25, 0.3) is 0 Å². The lowest BCUT2D eigenvalue weighted by atomic mass is 9.72. The first-order chi connectivity index (χ1) is 27.2. The van der Waals surface area contributed by atoms with Crippen molar-refractivity contribution < 1.29 is 76.1 Å². The standard InChI is InChI=1S/C33H33BClFN5O15PS/c35-25-22(8-7-21(42)27(25)43)58(54,55)39-11-9-18(10-12-39)40-13-14-41(31(46)30(40)45)33(49)38-26(16-1-4-19(5-2-16)57(51,52)53)29(44)37-23-15-17-3-6-20(36)24(32(47)48)28(17)56-34(23)50/h1-8,18,23,26,42-43,50H,9-15H2,(H,37,44)(H,38,49)(H,47,48)(H2,51,52,53)/t23-,26?/m0/s1. The summed E-state index contributed by atoms with van der Waals surface area (Å²) in [5.41, 5.74) is -0.794. The van der Waals surface area contributed by atoms with Crippen molar-refractivity contribution in [3.63, 3.8) is 0 Å². The number of phenolic OH excluding ortho intramolecular Hbond substituents is 2. The van der Waals surface area contributed by atoms with E-state index in [-0.39, 0.29) is 56.6 Å². The topological polar surface area (TPSA) is 301 Å². The lowest BCUT2D eigenvalue weighted by Gasteiger charge is -2.41. The van der Waals surface area contributed by atoms with Gasteiger partial charge in [-0.05, 0) is 60.7 Å². The molecule has 0 aromatic heterocycles. The Hall–Kier alpha value is -5.29.